The predicted molar refractivity (Wildman–Crippen MR) is 123 cm³/mol. The smallest absolute Gasteiger partial charge is 0.383 e. The van der Waals surface area contributed by atoms with Gasteiger partial charge in [0.1, 0.15) is 17.1 Å². The monoisotopic (exact) mass is 523 g/mol. The van der Waals surface area contributed by atoms with Gasteiger partial charge < -0.3 is 21.1 Å². The molecule has 9 nitrogen and oxygen atoms in total. The maximum absolute atomic E-state index is 13.7. The Hall–Kier alpha value is -3.74. The molecule has 1 aliphatic carbocycles. The number of pyridine rings is 1. The second-order valence-electron chi connectivity index (χ2n) is 9.48. The summed E-state index contributed by atoms with van der Waals surface area (Å²) in [5.41, 5.74) is 1.30. The van der Waals surface area contributed by atoms with Gasteiger partial charge in [0, 0.05) is 18.2 Å². The third-order valence-electron chi connectivity index (χ3n) is 6.90. The van der Waals surface area contributed by atoms with Crippen LogP contribution in [0.4, 0.5) is 29.1 Å². The number of hydrogen-bond donors (Lipinski definition) is 3. The van der Waals surface area contributed by atoms with Crippen LogP contribution in [0.3, 0.4) is 0 Å². The number of hydrogen-bond acceptors (Lipinski definition) is 6. The molecule has 4 N–H and O–H groups in total. The number of nitrogen functional groups attached to an aromatic ring is 1. The summed E-state index contributed by atoms with van der Waals surface area (Å²) < 4.78 is 54.6. The molecule has 1 aromatic heterocycles. The first kappa shape index (κ1) is 26.3. The van der Waals surface area contributed by atoms with E-state index in [-0.39, 0.29) is 29.9 Å². The minimum Gasteiger partial charge on any atom is -0.383 e. The summed E-state index contributed by atoms with van der Waals surface area (Å²) >= 11 is 0. The SMILES string of the molecule is Cc1cc(NC(=O)C(=O)N2C[C@@H](C)N(C(=O)C3(C(F)(F)F)CC3)C[C@@]2(O)c2ccc(F)cc2)cnc1N. The van der Waals surface area contributed by atoms with Crippen molar-refractivity contribution < 1.29 is 37.1 Å². The van der Waals surface area contributed by atoms with Crippen LogP contribution >= 0.6 is 0 Å². The zero-order valence-electron chi connectivity index (χ0n) is 20.0. The number of β-amino-alcohol motifs (C(OH)–C–C–N with tert-alkyl or cyclic N) is 1. The Bertz CT molecular complexity index is 1250. The average Bonchev–Trinajstić information content (AvgIpc) is 3.65. The van der Waals surface area contributed by atoms with Gasteiger partial charge in [-0.05, 0) is 50.5 Å². The number of rotatable bonds is 3. The lowest BCUT2D eigenvalue weighted by atomic mass is 9.93. The van der Waals surface area contributed by atoms with E-state index in [1.54, 1.807) is 6.92 Å². The fraction of sp³-hybridized carbons (Fsp3) is 0.417. The molecule has 0 radical (unpaired) electrons. The zero-order chi connectivity index (χ0) is 27.3. The van der Waals surface area contributed by atoms with Crippen molar-refractivity contribution >= 4 is 29.2 Å². The summed E-state index contributed by atoms with van der Waals surface area (Å²) in [6.45, 7) is 1.84. The molecule has 1 aromatic carbocycles. The molecule has 2 aromatic rings. The number of nitrogens with zero attached hydrogens (tertiary/aromatic N) is 3. The van der Waals surface area contributed by atoms with E-state index in [0.717, 1.165) is 34.1 Å². The van der Waals surface area contributed by atoms with Crippen LogP contribution in [0.25, 0.3) is 0 Å². The number of nitrogens with two attached hydrogens (primary N) is 1. The van der Waals surface area contributed by atoms with E-state index in [4.69, 9.17) is 5.73 Å². The lowest BCUT2D eigenvalue weighted by Crippen LogP contribution is -2.68. The fourth-order valence-electron chi connectivity index (χ4n) is 4.46. The molecule has 1 saturated carbocycles. The van der Waals surface area contributed by atoms with Crippen molar-refractivity contribution in [1.82, 2.24) is 14.8 Å². The lowest BCUT2D eigenvalue weighted by Gasteiger charge is -2.51. The number of anilines is 2. The molecular weight excluding hydrogens is 498 g/mol. The first-order chi connectivity index (χ1) is 17.2. The molecule has 0 spiro atoms. The molecule has 37 heavy (non-hydrogen) atoms. The molecule has 198 valence electrons. The van der Waals surface area contributed by atoms with Crippen molar-refractivity contribution in [3.8, 4) is 0 Å². The number of aromatic nitrogens is 1. The maximum atomic E-state index is 13.7. The minimum absolute atomic E-state index is 0.0819. The van der Waals surface area contributed by atoms with Crippen LogP contribution in [0.2, 0.25) is 0 Å². The predicted octanol–water partition coefficient (Wildman–Crippen LogP) is 2.30. The van der Waals surface area contributed by atoms with Crippen molar-refractivity contribution in [2.45, 2.75) is 44.6 Å². The van der Waals surface area contributed by atoms with Gasteiger partial charge >= 0.3 is 18.0 Å². The quantitative estimate of drug-likeness (QED) is 0.418. The summed E-state index contributed by atoms with van der Waals surface area (Å²) in [5.74, 6) is -4.03. The van der Waals surface area contributed by atoms with Crippen LogP contribution in [0.15, 0.2) is 36.5 Å². The van der Waals surface area contributed by atoms with Gasteiger partial charge in [0.2, 0.25) is 5.91 Å². The van der Waals surface area contributed by atoms with Crippen LogP contribution in [-0.2, 0) is 20.1 Å². The molecule has 0 bridgehead atoms. The van der Waals surface area contributed by atoms with Crippen molar-refractivity contribution in [2.75, 3.05) is 24.1 Å². The number of piperazine rings is 1. The third-order valence-corrected chi connectivity index (χ3v) is 6.90. The van der Waals surface area contributed by atoms with E-state index in [1.165, 1.54) is 19.2 Å². The van der Waals surface area contributed by atoms with Crippen LogP contribution in [0.5, 0.6) is 0 Å². The molecule has 2 atom stereocenters. The summed E-state index contributed by atoms with van der Waals surface area (Å²) in [5, 5.41) is 14.0. The number of amides is 3. The van der Waals surface area contributed by atoms with E-state index in [1.807, 2.05) is 0 Å². The standard InChI is InChI=1S/C24H25F4N5O4/c1-13-9-17(10-30-18(13)29)31-19(34)20(35)33-11-14(2)32(21(36)22(7-8-22)24(26,27)28)12-23(33,37)15-3-5-16(25)6-4-15/h3-6,9-10,14,37H,7-8,11-12H2,1-2H3,(H2,29,30)(H,31,34)/t14-,23-/m1/s1. The van der Waals surface area contributed by atoms with Crippen molar-refractivity contribution in [3.63, 3.8) is 0 Å². The first-order valence-electron chi connectivity index (χ1n) is 11.4. The highest BCUT2D eigenvalue weighted by Gasteiger charge is 2.70. The molecule has 3 amide bonds. The van der Waals surface area contributed by atoms with Gasteiger partial charge in [0.05, 0.1) is 18.4 Å². The molecule has 13 heteroatoms. The van der Waals surface area contributed by atoms with E-state index in [9.17, 15) is 37.1 Å². The molecule has 2 heterocycles. The molecule has 0 unspecified atom stereocenters. The lowest BCUT2D eigenvalue weighted by molar-refractivity contribution is -0.215. The Labute approximate surface area is 209 Å². The van der Waals surface area contributed by atoms with Gasteiger partial charge in [0.15, 0.2) is 5.72 Å². The highest BCUT2D eigenvalue weighted by atomic mass is 19.4. The topological polar surface area (TPSA) is 129 Å². The number of aryl methyl sites for hydroxylation is 1. The Morgan fingerprint density at radius 1 is 1.19 bits per heavy atom. The highest BCUT2D eigenvalue weighted by Crippen LogP contribution is 2.59. The second kappa shape index (κ2) is 8.98. The number of nitrogens with one attached hydrogen (secondary N) is 1. The van der Waals surface area contributed by atoms with Gasteiger partial charge in [0.25, 0.3) is 0 Å². The van der Waals surface area contributed by atoms with Crippen LogP contribution in [-0.4, -0.2) is 62.9 Å². The van der Waals surface area contributed by atoms with Gasteiger partial charge in [-0.2, -0.15) is 13.2 Å². The molecule has 1 saturated heterocycles. The van der Waals surface area contributed by atoms with E-state index < -0.39 is 60.0 Å². The molecule has 1 aliphatic heterocycles. The van der Waals surface area contributed by atoms with E-state index in [0.29, 0.717) is 5.56 Å². The van der Waals surface area contributed by atoms with Gasteiger partial charge in [-0.1, -0.05) is 12.1 Å². The summed E-state index contributed by atoms with van der Waals surface area (Å²) in [6, 6.07) is 4.75. The highest BCUT2D eigenvalue weighted by molar-refractivity contribution is 6.39. The van der Waals surface area contributed by atoms with Crippen LogP contribution in [0, 0.1) is 18.2 Å². The van der Waals surface area contributed by atoms with E-state index in [2.05, 4.69) is 10.3 Å². The Kier molecular flexibility index (Phi) is 6.39. The summed E-state index contributed by atoms with van der Waals surface area (Å²) in [4.78, 5) is 44.7. The van der Waals surface area contributed by atoms with Gasteiger partial charge in [-0.3, -0.25) is 19.3 Å². The van der Waals surface area contributed by atoms with Gasteiger partial charge in [-0.25, -0.2) is 9.37 Å². The zero-order valence-corrected chi connectivity index (χ0v) is 20.0. The Morgan fingerprint density at radius 3 is 2.35 bits per heavy atom. The molecule has 4 rings (SSSR count). The molecule has 2 aliphatic rings. The van der Waals surface area contributed by atoms with Crippen molar-refractivity contribution in [2.24, 2.45) is 5.41 Å². The molecular formula is C24H25F4N5O4. The van der Waals surface area contributed by atoms with Crippen molar-refractivity contribution in [1.29, 1.82) is 0 Å². The summed E-state index contributed by atoms with van der Waals surface area (Å²) in [6.07, 6.45) is -4.32. The number of aliphatic hydroxyl groups is 1. The average molecular weight is 523 g/mol. The largest absolute Gasteiger partial charge is 0.403 e. The van der Waals surface area contributed by atoms with E-state index >= 15 is 0 Å². The number of alkyl halides is 3. The van der Waals surface area contributed by atoms with Gasteiger partial charge in [-0.15, -0.1) is 0 Å². The second-order valence-corrected chi connectivity index (χ2v) is 9.48. The maximum Gasteiger partial charge on any atom is 0.403 e. The van der Waals surface area contributed by atoms with Crippen molar-refractivity contribution in [3.05, 3.63) is 53.5 Å². The fourth-order valence-corrected chi connectivity index (χ4v) is 4.46. The first-order valence-corrected chi connectivity index (χ1v) is 11.4. The number of carbonyl (C=O) groups excluding carboxylic acids is 3. The minimum atomic E-state index is -4.78. The van der Waals surface area contributed by atoms with Crippen LogP contribution in [0.1, 0.15) is 30.9 Å². The number of benzene rings is 1. The normalized spacial score (nSPS) is 22.9. The molecule has 2 fully saturated rings. The van der Waals surface area contributed by atoms with Crippen LogP contribution < -0.4 is 11.1 Å². The Balaban J connectivity index is 1.67. The number of halogens is 4. The third kappa shape index (κ3) is 4.59. The number of carbonyl (C=O) groups is 3. The Morgan fingerprint density at radius 2 is 1.81 bits per heavy atom. The summed E-state index contributed by atoms with van der Waals surface area (Å²) in [7, 11) is 0.